The van der Waals surface area contributed by atoms with E-state index in [2.05, 4.69) is 37.3 Å². The van der Waals surface area contributed by atoms with Crippen LogP contribution in [-0.2, 0) is 11.3 Å². The summed E-state index contributed by atoms with van der Waals surface area (Å²) in [6.07, 6.45) is 8.11. The molecule has 1 aromatic carbocycles. The number of carbonyl (C=O) groups excluding carboxylic acids is 2. The SMILES string of the molecule is C[C@H]1CCCC[C@H]1n1c(SCC(=O)NC(=O)NCc2ccccc2)nnc1-c1cccnc1. The number of nitrogens with zero attached hydrogens (tertiary/aromatic N) is 4. The quantitative estimate of drug-likeness (QED) is 0.508. The van der Waals surface area contributed by atoms with Crippen molar-refractivity contribution in [3.63, 3.8) is 0 Å². The molecule has 1 aliphatic rings. The zero-order valence-electron chi connectivity index (χ0n) is 18.6. The van der Waals surface area contributed by atoms with Crippen LogP contribution >= 0.6 is 11.8 Å². The van der Waals surface area contributed by atoms with Gasteiger partial charge in [0, 0.05) is 30.5 Å². The summed E-state index contributed by atoms with van der Waals surface area (Å²) in [5.41, 5.74) is 1.87. The Morgan fingerprint density at radius 2 is 1.91 bits per heavy atom. The number of pyridine rings is 1. The number of urea groups is 1. The Balaban J connectivity index is 1.41. The van der Waals surface area contributed by atoms with Gasteiger partial charge < -0.3 is 5.32 Å². The largest absolute Gasteiger partial charge is 0.334 e. The minimum Gasteiger partial charge on any atom is -0.334 e. The summed E-state index contributed by atoms with van der Waals surface area (Å²) in [6.45, 7) is 2.62. The Morgan fingerprint density at radius 3 is 2.67 bits per heavy atom. The summed E-state index contributed by atoms with van der Waals surface area (Å²) in [4.78, 5) is 28.7. The normalized spacial score (nSPS) is 18.0. The van der Waals surface area contributed by atoms with Crippen molar-refractivity contribution in [1.29, 1.82) is 0 Å². The van der Waals surface area contributed by atoms with Gasteiger partial charge >= 0.3 is 6.03 Å². The summed E-state index contributed by atoms with van der Waals surface area (Å²) in [5.74, 6) is 0.956. The number of imide groups is 1. The number of nitrogens with one attached hydrogen (secondary N) is 2. The van der Waals surface area contributed by atoms with Crippen molar-refractivity contribution in [1.82, 2.24) is 30.4 Å². The summed E-state index contributed by atoms with van der Waals surface area (Å²) >= 11 is 1.30. The molecule has 1 saturated carbocycles. The number of carbonyl (C=O) groups is 2. The predicted octanol–water partition coefficient (Wildman–Crippen LogP) is 4.21. The van der Waals surface area contributed by atoms with Gasteiger partial charge in [0.1, 0.15) is 0 Å². The first-order valence-corrected chi connectivity index (χ1v) is 12.2. The van der Waals surface area contributed by atoms with Gasteiger partial charge in [0.05, 0.1) is 5.75 Å². The van der Waals surface area contributed by atoms with Gasteiger partial charge in [-0.2, -0.15) is 0 Å². The van der Waals surface area contributed by atoms with Crippen molar-refractivity contribution in [2.75, 3.05) is 5.75 Å². The van der Waals surface area contributed by atoms with Crippen molar-refractivity contribution in [2.24, 2.45) is 5.92 Å². The van der Waals surface area contributed by atoms with Crippen LogP contribution in [0.5, 0.6) is 0 Å². The molecule has 33 heavy (non-hydrogen) atoms. The first-order valence-electron chi connectivity index (χ1n) is 11.2. The van der Waals surface area contributed by atoms with Crippen LogP contribution < -0.4 is 10.6 Å². The number of benzene rings is 1. The number of hydrogen-bond donors (Lipinski definition) is 2. The molecule has 1 fully saturated rings. The zero-order chi connectivity index (χ0) is 23.0. The fraction of sp³-hybridized carbons (Fsp3) is 0.375. The van der Waals surface area contributed by atoms with Gasteiger partial charge in [-0.25, -0.2) is 4.79 Å². The van der Waals surface area contributed by atoms with E-state index in [-0.39, 0.29) is 17.7 Å². The lowest BCUT2D eigenvalue weighted by Crippen LogP contribution is -2.40. The van der Waals surface area contributed by atoms with E-state index < -0.39 is 6.03 Å². The van der Waals surface area contributed by atoms with Crippen molar-refractivity contribution >= 4 is 23.7 Å². The van der Waals surface area contributed by atoms with Crippen LogP contribution in [0.4, 0.5) is 4.79 Å². The summed E-state index contributed by atoms with van der Waals surface area (Å²) in [6, 6.07) is 13.2. The average Bonchev–Trinajstić information content (AvgIpc) is 3.27. The van der Waals surface area contributed by atoms with E-state index in [1.54, 1.807) is 12.4 Å². The Hall–Kier alpha value is -3.20. The van der Waals surface area contributed by atoms with E-state index in [1.165, 1.54) is 18.2 Å². The molecule has 0 radical (unpaired) electrons. The van der Waals surface area contributed by atoms with E-state index in [0.29, 0.717) is 17.6 Å². The number of thioether (sulfide) groups is 1. The molecule has 9 heteroatoms. The molecule has 2 heterocycles. The van der Waals surface area contributed by atoms with Crippen LogP contribution in [-0.4, -0.2) is 37.4 Å². The monoisotopic (exact) mass is 464 g/mol. The van der Waals surface area contributed by atoms with Gasteiger partial charge in [-0.05, 0) is 36.5 Å². The molecule has 0 saturated heterocycles. The zero-order valence-corrected chi connectivity index (χ0v) is 19.4. The maximum absolute atomic E-state index is 12.4. The standard InChI is InChI=1S/C24H28N6O2S/c1-17-8-5-6-12-20(17)30-22(19-11-7-13-25-15-19)28-29-24(30)33-16-21(31)27-23(32)26-14-18-9-3-2-4-10-18/h2-4,7,9-11,13,15,17,20H,5-6,8,12,14,16H2,1H3,(H2,26,27,31,32)/t17-,20+/m0/s1. The van der Waals surface area contributed by atoms with Crippen molar-refractivity contribution in [3.05, 3.63) is 60.4 Å². The minimum absolute atomic E-state index is 0.0744. The van der Waals surface area contributed by atoms with Gasteiger partial charge in [-0.15, -0.1) is 10.2 Å². The molecule has 4 rings (SSSR count). The topological polar surface area (TPSA) is 102 Å². The number of hydrogen-bond acceptors (Lipinski definition) is 6. The molecule has 0 aliphatic heterocycles. The van der Waals surface area contributed by atoms with Crippen LogP contribution in [0, 0.1) is 5.92 Å². The molecule has 1 aliphatic carbocycles. The second kappa shape index (κ2) is 11.1. The second-order valence-corrected chi connectivity index (χ2v) is 9.19. The lowest BCUT2D eigenvalue weighted by molar-refractivity contribution is -0.117. The second-order valence-electron chi connectivity index (χ2n) is 8.25. The highest BCUT2D eigenvalue weighted by molar-refractivity contribution is 7.99. The molecule has 172 valence electrons. The van der Waals surface area contributed by atoms with Gasteiger partial charge in [0.25, 0.3) is 0 Å². The molecular formula is C24H28N6O2S. The van der Waals surface area contributed by atoms with Gasteiger partial charge in [0.2, 0.25) is 5.91 Å². The van der Waals surface area contributed by atoms with Gasteiger partial charge in [0.15, 0.2) is 11.0 Å². The maximum atomic E-state index is 12.4. The van der Waals surface area contributed by atoms with E-state index in [1.807, 2.05) is 42.5 Å². The summed E-state index contributed by atoms with van der Waals surface area (Å²) in [5, 5.41) is 14.6. The van der Waals surface area contributed by atoms with Crippen molar-refractivity contribution in [2.45, 2.75) is 50.4 Å². The molecule has 8 nitrogen and oxygen atoms in total. The van der Waals surface area contributed by atoms with Crippen molar-refractivity contribution < 1.29 is 9.59 Å². The third kappa shape index (κ3) is 5.98. The van der Waals surface area contributed by atoms with Crippen LogP contribution in [0.2, 0.25) is 0 Å². The minimum atomic E-state index is -0.511. The molecule has 0 bridgehead atoms. The first-order chi connectivity index (χ1) is 16.1. The van der Waals surface area contributed by atoms with Gasteiger partial charge in [-0.1, -0.05) is 61.9 Å². The fourth-order valence-corrected chi connectivity index (χ4v) is 4.95. The highest BCUT2D eigenvalue weighted by Crippen LogP contribution is 2.38. The fourth-order valence-electron chi connectivity index (χ4n) is 4.16. The Morgan fingerprint density at radius 1 is 1.09 bits per heavy atom. The van der Waals surface area contributed by atoms with Gasteiger partial charge in [-0.3, -0.25) is 19.7 Å². The Labute approximate surface area is 197 Å². The average molecular weight is 465 g/mol. The Kier molecular flexibility index (Phi) is 7.72. The predicted molar refractivity (Wildman–Crippen MR) is 127 cm³/mol. The highest BCUT2D eigenvalue weighted by atomic mass is 32.2. The number of aromatic nitrogens is 4. The number of amides is 3. The third-order valence-electron chi connectivity index (χ3n) is 5.86. The molecule has 0 unspecified atom stereocenters. The van der Waals surface area contributed by atoms with E-state index in [9.17, 15) is 9.59 Å². The molecule has 0 spiro atoms. The number of rotatable bonds is 7. The van der Waals surface area contributed by atoms with Crippen LogP contribution in [0.25, 0.3) is 11.4 Å². The molecule has 2 aromatic heterocycles. The first kappa shape index (κ1) is 23.0. The smallest absolute Gasteiger partial charge is 0.321 e. The highest BCUT2D eigenvalue weighted by Gasteiger charge is 2.29. The van der Waals surface area contributed by atoms with Crippen LogP contribution in [0.3, 0.4) is 0 Å². The lowest BCUT2D eigenvalue weighted by Gasteiger charge is -2.31. The maximum Gasteiger partial charge on any atom is 0.321 e. The van der Waals surface area contributed by atoms with E-state index in [0.717, 1.165) is 36.2 Å². The van der Waals surface area contributed by atoms with E-state index >= 15 is 0 Å². The Bertz CT molecular complexity index is 1070. The third-order valence-corrected chi connectivity index (χ3v) is 6.81. The molecule has 3 aromatic rings. The molecule has 2 N–H and O–H groups in total. The molecule has 2 atom stereocenters. The summed E-state index contributed by atoms with van der Waals surface area (Å²) < 4.78 is 2.16. The van der Waals surface area contributed by atoms with E-state index in [4.69, 9.17) is 0 Å². The molecule has 3 amide bonds. The van der Waals surface area contributed by atoms with Crippen LogP contribution in [0.1, 0.15) is 44.2 Å². The van der Waals surface area contributed by atoms with Crippen LogP contribution in [0.15, 0.2) is 60.0 Å². The lowest BCUT2D eigenvalue weighted by atomic mass is 9.85. The van der Waals surface area contributed by atoms with Crippen molar-refractivity contribution in [3.8, 4) is 11.4 Å². The molecular weight excluding hydrogens is 436 g/mol. The summed E-state index contributed by atoms with van der Waals surface area (Å²) in [7, 11) is 0.